The molecule has 0 aromatic heterocycles. The molecular formula is C38H57N3O9. The van der Waals surface area contributed by atoms with Gasteiger partial charge in [-0.3, -0.25) is 24.5 Å². The molecule has 12 nitrogen and oxygen atoms in total. The molecule has 278 valence electrons. The van der Waals surface area contributed by atoms with Gasteiger partial charge in [-0.25, -0.2) is 0 Å². The van der Waals surface area contributed by atoms with E-state index >= 15 is 0 Å². The maximum Gasteiger partial charge on any atom is 0.311 e. The Hall–Kier alpha value is -3.95. The molecule has 12 heteroatoms. The number of hydrogen-bond donors (Lipinski definition) is 1. The fourth-order valence-electron chi connectivity index (χ4n) is 4.27. The second-order valence-corrected chi connectivity index (χ2v) is 16.9. The number of esters is 4. The Morgan fingerprint density at radius 1 is 0.760 bits per heavy atom. The minimum absolute atomic E-state index is 0.398. The first-order valence-corrected chi connectivity index (χ1v) is 16.8. The summed E-state index contributed by atoms with van der Waals surface area (Å²) in [5, 5.41) is 13.3. The topological polar surface area (TPSA) is 153 Å². The Kier molecular flexibility index (Phi) is 13.8. The molecule has 6 atom stereocenters. The number of rotatable bonds is 10. The van der Waals surface area contributed by atoms with Crippen molar-refractivity contribution in [1.29, 1.82) is 5.26 Å². The van der Waals surface area contributed by atoms with Crippen molar-refractivity contribution in [2.45, 2.75) is 120 Å². The zero-order valence-electron chi connectivity index (χ0n) is 32.2. The Balaban J connectivity index is 2.70. The lowest BCUT2D eigenvalue weighted by molar-refractivity contribution is -0.265. The second-order valence-electron chi connectivity index (χ2n) is 16.9. The average molecular weight is 700 g/mol. The Labute approximate surface area is 297 Å². The molecule has 1 aliphatic rings. The molecule has 0 unspecified atom stereocenters. The van der Waals surface area contributed by atoms with Gasteiger partial charge in [0.05, 0.1) is 27.7 Å². The monoisotopic (exact) mass is 699 g/mol. The standard InChI is InChI=1S/C38H57N3O9/c1-35(2,3)31(42)46-22-26-27(48-32(43)36(4,5)6)28(49-33(44)37(7,8)9)29(50-34(45)38(10,11)12)30(47-26)40-24(21-39)18-15-23-16-19-25(20-17-23)41(13)14/h15-20,24,26-30,40H,22H2,1-14H3/b18-15+/t24-,26-,27-,28+,29-,30-/m1/s1. The normalized spacial score (nSPS) is 22.2. The molecule has 1 fully saturated rings. The first-order chi connectivity index (χ1) is 22.7. The minimum atomic E-state index is -1.43. The molecule has 0 amide bonds. The maximum absolute atomic E-state index is 13.5. The molecule has 0 spiro atoms. The van der Waals surface area contributed by atoms with Gasteiger partial charge in [0.25, 0.3) is 0 Å². The third kappa shape index (κ3) is 12.1. The molecule has 0 aliphatic carbocycles. The molecule has 0 bridgehead atoms. The van der Waals surface area contributed by atoms with Gasteiger partial charge in [0.1, 0.15) is 18.8 Å². The highest BCUT2D eigenvalue weighted by atomic mass is 16.7. The lowest BCUT2D eigenvalue weighted by Crippen LogP contribution is -2.67. The van der Waals surface area contributed by atoms with Crippen LogP contribution < -0.4 is 10.2 Å². The Morgan fingerprint density at radius 2 is 1.20 bits per heavy atom. The van der Waals surface area contributed by atoms with Gasteiger partial charge in [-0.05, 0) is 101 Å². The Morgan fingerprint density at radius 3 is 1.62 bits per heavy atom. The van der Waals surface area contributed by atoms with E-state index in [-0.39, 0.29) is 0 Å². The number of benzene rings is 1. The highest BCUT2D eigenvalue weighted by molar-refractivity contribution is 5.78. The van der Waals surface area contributed by atoms with Crippen molar-refractivity contribution in [1.82, 2.24) is 5.32 Å². The summed E-state index contributed by atoms with van der Waals surface area (Å²) in [7, 11) is 3.87. The fraction of sp³-hybridized carbons (Fsp3) is 0.658. The number of carbonyl (C=O) groups excluding carboxylic acids is 4. The lowest BCUT2D eigenvalue weighted by atomic mass is 9.92. The van der Waals surface area contributed by atoms with Crippen LogP contribution in [0.4, 0.5) is 5.69 Å². The second kappa shape index (κ2) is 16.4. The predicted octanol–water partition coefficient (Wildman–Crippen LogP) is 5.44. The number of hydrogen-bond acceptors (Lipinski definition) is 12. The van der Waals surface area contributed by atoms with Crippen molar-refractivity contribution in [3.63, 3.8) is 0 Å². The van der Waals surface area contributed by atoms with Crippen molar-refractivity contribution >= 4 is 35.6 Å². The number of anilines is 1. The molecule has 1 N–H and O–H groups in total. The summed E-state index contributed by atoms with van der Waals surface area (Å²) < 4.78 is 30.1. The molecule has 1 aromatic carbocycles. The molecule has 50 heavy (non-hydrogen) atoms. The number of nitriles is 1. The van der Waals surface area contributed by atoms with Gasteiger partial charge in [0, 0.05) is 19.8 Å². The van der Waals surface area contributed by atoms with Crippen molar-refractivity contribution in [2.75, 3.05) is 25.6 Å². The van der Waals surface area contributed by atoms with E-state index in [4.69, 9.17) is 23.7 Å². The zero-order chi connectivity index (χ0) is 38.4. The maximum atomic E-state index is 13.5. The Bertz CT molecular complexity index is 1420. The number of nitrogens with one attached hydrogen (secondary N) is 1. The SMILES string of the molecule is CN(C)c1ccc(/C=C/[C@H](C#N)N[C@@H]2O[C@H](COC(=O)C(C)(C)C)[C@@H](OC(=O)C(C)(C)C)[C@H](OC(=O)C(C)(C)C)[C@H]2OC(=O)C(C)(C)C)cc1. The van der Waals surface area contributed by atoms with Crippen molar-refractivity contribution in [3.05, 3.63) is 35.9 Å². The van der Waals surface area contributed by atoms with Crippen LogP contribution in [0.1, 0.15) is 88.6 Å². The molecule has 1 heterocycles. The molecule has 2 rings (SSSR count). The average Bonchev–Trinajstić information content (AvgIpc) is 2.98. The first kappa shape index (κ1) is 42.2. The molecular weight excluding hydrogens is 642 g/mol. The van der Waals surface area contributed by atoms with Gasteiger partial charge >= 0.3 is 23.9 Å². The summed E-state index contributed by atoms with van der Waals surface area (Å²) in [5.74, 6) is -2.52. The van der Waals surface area contributed by atoms with Crippen LogP contribution in [0.2, 0.25) is 0 Å². The highest BCUT2D eigenvalue weighted by Crippen LogP contribution is 2.34. The molecule has 1 aromatic rings. The van der Waals surface area contributed by atoms with E-state index in [1.165, 1.54) is 0 Å². The number of nitrogens with zero attached hydrogens (tertiary/aromatic N) is 2. The third-order valence-corrected chi connectivity index (χ3v) is 7.56. The summed E-state index contributed by atoms with van der Waals surface area (Å²) in [5.41, 5.74) is -2.02. The number of ether oxygens (including phenoxy) is 5. The highest BCUT2D eigenvalue weighted by Gasteiger charge is 2.54. The summed E-state index contributed by atoms with van der Waals surface area (Å²) in [6.45, 7) is 19.6. The van der Waals surface area contributed by atoms with E-state index in [1.807, 2.05) is 43.3 Å². The molecule has 1 saturated heterocycles. The van der Waals surface area contributed by atoms with Crippen molar-refractivity contribution in [2.24, 2.45) is 21.7 Å². The van der Waals surface area contributed by atoms with E-state index in [9.17, 15) is 24.4 Å². The van der Waals surface area contributed by atoms with E-state index < -0.39 is 88.8 Å². The third-order valence-electron chi connectivity index (χ3n) is 7.56. The molecule has 0 radical (unpaired) electrons. The van der Waals surface area contributed by atoms with E-state index in [1.54, 1.807) is 95.2 Å². The largest absolute Gasteiger partial charge is 0.462 e. The first-order valence-electron chi connectivity index (χ1n) is 16.8. The summed E-state index contributed by atoms with van der Waals surface area (Å²) in [6, 6.07) is 8.88. The van der Waals surface area contributed by atoms with Crippen LogP contribution in [0.5, 0.6) is 0 Å². The fourth-order valence-corrected chi connectivity index (χ4v) is 4.27. The van der Waals surface area contributed by atoms with Crippen LogP contribution in [0, 0.1) is 33.0 Å². The van der Waals surface area contributed by atoms with Crippen LogP contribution in [0.15, 0.2) is 30.3 Å². The van der Waals surface area contributed by atoms with Gasteiger partial charge < -0.3 is 28.6 Å². The van der Waals surface area contributed by atoms with Crippen LogP contribution in [0.25, 0.3) is 6.08 Å². The van der Waals surface area contributed by atoms with Gasteiger partial charge in [-0.1, -0.05) is 24.3 Å². The molecule has 0 saturated carbocycles. The van der Waals surface area contributed by atoms with Crippen LogP contribution in [-0.4, -0.2) is 81.3 Å². The van der Waals surface area contributed by atoms with Crippen LogP contribution in [-0.2, 0) is 42.9 Å². The smallest absolute Gasteiger partial charge is 0.311 e. The van der Waals surface area contributed by atoms with Crippen LogP contribution in [0.3, 0.4) is 0 Å². The predicted molar refractivity (Wildman–Crippen MR) is 189 cm³/mol. The van der Waals surface area contributed by atoms with E-state index in [2.05, 4.69) is 11.4 Å². The molecule has 1 aliphatic heterocycles. The number of carbonyl (C=O) groups is 4. The summed E-state index contributed by atoms with van der Waals surface area (Å²) >= 11 is 0. The van der Waals surface area contributed by atoms with Gasteiger partial charge in [-0.15, -0.1) is 0 Å². The van der Waals surface area contributed by atoms with Crippen LogP contribution >= 0.6 is 0 Å². The zero-order valence-corrected chi connectivity index (χ0v) is 32.2. The summed E-state index contributed by atoms with van der Waals surface area (Å²) in [4.78, 5) is 55.1. The van der Waals surface area contributed by atoms with Crippen molar-refractivity contribution in [3.8, 4) is 6.07 Å². The van der Waals surface area contributed by atoms with E-state index in [0.717, 1.165) is 11.3 Å². The summed E-state index contributed by atoms with van der Waals surface area (Å²) in [6.07, 6.45) is -3.31. The van der Waals surface area contributed by atoms with E-state index in [0.29, 0.717) is 0 Å². The van der Waals surface area contributed by atoms with Crippen molar-refractivity contribution < 1.29 is 42.9 Å². The van der Waals surface area contributed by atoms with Gasteiger partial charge in [0.15, 0.2) is 24.5 Å². The van der Waals surface area contributed by atoms with Gasteiger partial charge in [0.2, 0.25) is 0 Å². The quantitative estimate of drug-likeness (QED) is 0.245. The minimum Gasteiger partial charge on any atom is -0.462 e. The van der Waals surface area contributed by atoms with Gasteiger partial charge in [-0.2, -0.15) is 5.26 Å². The lowest BCUT2D eigenvalue weighted by Gasteiger charge is -2.46.